The summed E-state index contributed by atoms with van der Waals surface area (Å²) in [6, 6.07) is 4.57. The van der Waals surface area contributed by atoms with Crippen LogP contribution in [0.25, 0.3) is 0 Å². The van der Waals surface area contributed by atoms with Crippen LogP contribution in [-0.4, -0.2) is 45.3 Å². The maximum Gasteiger partial charge on any atom is 0.0589 e. The first-order valence-corrected chi connectivity index (χ1v) is 6.99. The average molecular weight is 264 g/mol. The van der Waals surface area contributed by atoms with E-state index in [9.17, 15) is 0 Å². The topological polar surface area (TPSA) is 24.5 Å². The van der Waals surface area contributed by atoms with Crippen molar-refractivity contribution < 1.29 is 4.74 Å². The molecule has 0 amide bonds. The molecule has 1 N–H and O–H groups in total. The van der Waals surface area contributed by atoms with E-state index >= 15 is 0 Å². The Hall–Kier alpha value is -0.900. The molecule has 0 atom stereocenters. The summed E-state index contributed by atoms with van der Waals surface area (Å²) in [5.41, 5.74) is 5.53. The Bertz CT molecular complexity index is 391. The monoisotopic (exact) mass is 264 g/mol. The molecule has 108 valence electrons. The van der Waals surface area contributed by atoms with E-state index in [-0.39, 0.29) is 0 Å². The van der Waals surface area contributed by atoms with Gasteiger partial charge in [0.1, 0.15) is 0 Å². The van der Waals surface area contributed by atoms with Gasteiger partial charge in [0.15, 0.2) is 0 Å². The molecule has 0 spiro atoms. The molecule has 0 aromatic heterocycles. The normalized spacial score (nSPS) is 11.3. The van der Waals surface area contributed by atoms with Gasteiger partial charge in [-0.15, -0.1) is 0 Å². The number of aryl methyl sites for hydroxylation is 3. The van der Waals surface area contributed by atoms with E-state index in [2.05, 4.69) is 50.2 Å². The van der Waals surface area contributed by atoms with Crippen molar-refractivity contribution in [1.29, 1.82) is 0 Å². The number of hydrogen-bond donors (Lipinski definition) is 1. The van der Waals surface area contributed by atoms with Crippen LogP contribution in [0, 0.1) is 20.8 Å². The van der Waals surface area contributed by atoms with Crippen molar-refractivity contribution in [2.24, 2.45) is 0 Å². The minimum Gasteiger partial charge on any atom is -0.383 e. The van der Waals surface area contributed by atoms with Crippen molar-refractivity contribution >= 4 is 0 Å². The van der Waals surface area contributed by atoms with E-state index in [1.807, 2.05) is 0 Å². The summed E-state index contributed by atoms with van der Waals surface area (Å²) < 4.78 is 5.07. The molecule has 0 radical (unpaired) electrons. The molecule has 0 fully saturated rings. The molecule has 3 heteroatoms. The Kier molecular flexibility index (Phi) is 7.06. The molecular formula is C16H28N2O. The maximum atomic E-state index is 5.07. The summed E-state index contributed by atoms with van der Waals surface area (Å²) in [5, 5.41) is 3.51. The first-order valence-electron chi connectivity index (χ1n) is 6.99. The zero-order chi connectivity index (χ0) is 14.3. The first-order chi connectivity index (χ1) is 9.04. The van der Waals surface area contributed by atoms with Crippen molar-refractivity contribution in [2.75, 3.05) is 40.4 Å². The van der Waals surface area contributed by atoms with E-state index in [0.29, 0.717) is 0 Å². The third kappa shape index (κ3) is 5.72. The van der Waals surface area contributed by atoms with Gasteiger partial charge in [0, 0.05) is 33.3 Å². The zero-order valence-corrected chi connectivity index (χ0v) is 13.0. The van der Waals surface area contributed by atoms with Crippen LogP contribution in [0.4, 0.5) is 0 Å². The Labute approximate surface area is 118 Å². The predicted molar refractivity (Wildman–Crippen MR) is 81.7 cm³/mol. The highest BCUT2D eigenvalue weighted by atomic mass is 16.5. The Morgan fingerprint density at radius 1 is 1.05 bits per heavy atom. The Morgan fingerprint density at radius 3 is 2.42 bits per heavy atom. The molecule has 0 aliphatic rings. The van der Waals surface area contributed by atoms with E-state index in [1.54, 1.807) is 7.11 Å². The lowest BCUT2D eigenvalue weighted by Gasteiger charge is -2.17. The largest absolute Gasteiger partial charge is 0.383 e. The summed E-state index contributed by atoms with van der Waals surface area (Å²) >= 11 is 0. The minimum absolute atomic E-state index is 0.798. The molecule has 0 bridgehead atoms. The van der Waals surface area contributed by atoms with Crippen LogP contribution >= 0.6 is 0 Å². The second kappa shape index (κ2) is 8.31. The standard InChI is InChI=1S/C16H28N2O/c1-13-10-15(3)16(11-14(13)2)12-17-6-7-18(4)8-9-19-5/h10-11,17H,6-9,12H2,1-5H3. The number of ether oxygens (including phenoxy) is 1. The van der Waals surface area contributed by atoms with Gasteiger partial charge < -0.3 is 15.0 Å². The number of nitrogens with zero attached hydrogens (tertiary/aromatic N) is 1. The third-order valence-corrected chi connectivity index (χ3v) is 3.62. The molecule has 0 aliphatic heterocycles. The van der Waals surface area contributed by atoms with E-state index < -0.39 is 0 Å². The average Bonchev–Trinajstić information content (AvgIpc) is 2.37. The predicted octanol–water partition coefficient (Wildman–Crippen LogP) is 2.28. The van der Waals surface area contributed by atoms with Gasteiger partial charge in [-0.3, -0.25) is 0 Å². The molecule has 1 rings (SSSR count). The summed E-state index contributed by atoms with van der Waals surface area (Å²) in [5.74, 6) is 0. The second-order valence-electron chi connectivity index (χ2n) is 5.34. The van der Waals surface area contributed by atoms with Crippen molar-refractivity contribution in [3.63, 3.8) is 0 Å². The van der Waals surface area contributed by atoms with Crippen LogP contribution in [-0.2, 0) is 11.3 Å². The number of nitrogens with one attached hydrogen (secondary N) is 1. The van der Waals surface area contributed by atoms with E-state index in [4.69, 9.17) is 4.74 Å². The lowest BCUT2D eigenvalue weighted by Crippen LogP contribution is -2.31. The number of benzene rings is 1. The molecule has 0 saturated heterocycles. The minimum atomic E-state index is 0.798. The number of rotatable bonds is 8. The van der Waals surface area contributed by atoms with Crippen molar-refractivity contribution in [1.82, 2.24) is 10.2 Å². The lowest BCUT2D eigenvalue weighted by atomic mass is 10.0. The highest BCUT2D eigenvalue weighted by molar-refractivity contribution is 5.36. The molecule has 1 aromatic carbocycles. The lowest BCUT2D eigenvalue weighted by molar-refractivity contribution is 0.161. The molecule has 0 heterocycles. The van der Waals surface area contributed by atoms with Gasteiger partial charge in [0.25, 0.3) is 0 Å². The summed E-state index contributed by atoms with van der Waals surface area (Å²) in [4.78, 5) is 2.28. The maximum absolute atomic E-state index is 5.07. The Balaban J connectivity index is 2.31. The van der Waals surface area contributed by atoms with Crippen molar-refractivity contribution in [3.05, 3.63) is 34.4 Å². The molecule has 19 heavy (non-hydrogen) atoms. The van der Waals surface area contributed by atoms with Gasteiger partial charge in [-0.05, 0) is 50.1 Å². The highest BCUT2D eigenvalue weighted by Gasteiger charge is 2.02. The summed E-state index contributed by atoms with van der Waals surface area (Å²) in [6.45, 7) is 11.3. The molecular weight excluding hydrogens is 236 g/mol. The van der Waals surface area contributed by atoms with Crippen LogP contribution < -0.4 is 5.32 Å². The third-order valence-electron chi connectivity index (χ3n) is 3.62. The summed E-state index contributed by atoms with van der Waals surface area (Å²) in [7, 11) is 3.87. The van der Waals surface area contributed by atoms with Crippen LogP contribution in [0.1, 0.15) is 22.3 Å². The van der Waals surface area contributed by atoms with Gasteiger partial charge in [0.05, 0.1) is 6.61 Å². The van der Waals surface area contributed by atoms with Gasteiger partial charge in [-0.2, -0.15) is 0 Å². The first kappa shape index (κ1) is 16.2. The van der Waals surface area contributed by atoms with Crippen molar-refractivity contribution in [2.45, 2.75) is 27.3 Å². The van der Waals surface area contributed by atoms with Crippen LogP contribution in [0.3, 0.4) is 0 Å². The number of likely N-dealkylation sites (N-methyl/N-ethyl adjacent to an activating group) is 1. The van der Waals surface area contributed by atoms with Crippen molar-refractivity contribution in [3.8, 4) is 0 Å². The van der Waals surface area contributed by atoms with E-state index in [0.717, 1.165) is 32.8 Å². The molecule has 0 unspecified atom stereocenters. The zero-order valence-electron chi connectivity index (χ0n) is 13.0. The van der Waals surface area contributed by atoms with E-state index in [1.165, 1.54) is 22.3 Å². The Morgan fingerprint density at radius 2 is 1.74 bits per heavy atom. The fourth-order valence-corrected chi connectivity index (χ4v) is 2.06. The molecule has 3 nitrogen and oxygen atoms in total. The fraction of sp³-hybridized carbons (Fsp3) is 0.625. The number of methoxy groups -OCH3 is 1. The molecule has 0 saturated carbocycles. The van der Waals surface area contributed by atoms with Gasteiger partial charge >= 0.3 is 0 Å². The molecule has 0 aliphatic carbocycles. The smallest absolute Gasteiger partial charge is 0.0589 e. The molecule has 1 aromatic rings. The second-order valence-corrected chi connectivity index (χ2v) is 5.34. The van der Waals surface area contributed by atoms with Crippen LogP contribution in [0.15, 0.2) is 12.1 Å². The summed E-state index contributed by atoms with van der Waals surface area (Å²) in [6.07, 6.45) is 0. The van der Waals surface area contributed by atoms with Crippen LogP contribution in [0.5, 0.6) is 0 Å². The van der Waals surface area contributed by atoms with Gasteiger partial charge in [-0.25, -0.2) is 0 Å². The number of hydrogen-bond acceptors (Lipinski definition) is 3. The quantitative estimate of drug-likeness (QED) is 0.729. The van der Waals surface area contributed by atoms with Crippen LogP contribution in [0.2, 0.25) is 0 Å². The highest BCUT2D eigenvalue weighted by Crippen LogP contribution is 2.14. The SMILES string of the molecule is COCCN(C)CCNCc1cc(C)c(C)cc1C. The fourth-order valence-electron chi connectivity index (χ4n) is 2.06. The van der Waals surface area contributed by atoms with Gasteiger partial charge in [-0.1, -0.05) is 12.1 Å². The van der Waals surface area contributed by atoms with Gasteiger partial charge in [0.2, 0.25) is 0 Å².